The first-order valence-corrected chi connectivity index (χ1v) is 6.06. The van der Waals surface area contributed by atoms with E-state index in [2.05, 4.69) is 5.32 Å². The summed E-state index contributed by atoms with van der Waals surface area (Å²) in [7, 11) is 0. The quantitative estimate of drug-likeness (QED) is 0.898. The Balaban J connectivity index is 3.04. The lowest BCUT2D eigenvalue weighted by molar-refractivity contribution is -0.184. The maximum absolute atomic E-state index is 12.7. The number of benzene rings is 1. The van der Waals surface area contributed by atoms with E-state index in [0.29, 0.717) is 6.92 Å². The monoisotopic (exact) mass is 310 g/mol. The average Bonchev–Trinajstić information content (AvgIpc) is 2.31. The van der Waals surface area contributed by atoms with Gasteiger partial charge < -0.3 is 15.8 Å². The van der Waals surface area contributed by atoms with E-state index in [0.717, 1.165) is 0 Å². The highest BCUT2D eigenvalue weighted by Gasteiger charge is 2.54. The third-order valence-corrected chi connectivity index (χ3v) is 2.79. The third-order valence-electron chi connectivity index (χ3n) is 2.55. The molecule has 0 aliphatic carbocycles. The predicted molar refractivity (Wildman–Crippen MR) is 69.9 cm³/mol. The number of alkyl halides is 3. The number of amides is 1. The van der Waals surface area contributed by atoms with Crippen molar-refractivity contribution < 1.29 is 22.7 Å². The molecular formula is C12H14ClF3N2O2. The molecule has 1 unspecified atom stereocenters. The van der Waals surface area contributed by atoms with Crippen molar-refractivity contribution in [3.05, 3.63) is 23.2 Å². The molecule has 0 bridgehead atoms. The van der Waals surface area contributed by atoms with E-state index in [1.807, 2.05) is 0 Å². The van der Waals surface area contributed by atoms with Gasteiger partial charge in [0.2, 0.25) is 0 Å². The van der Waals surface area contributed by atoms with Crippen LogP contribution in [-0.2, 0) is 4.79 Å². The standard InChI is InChI=1S/C12H14ClF3N2O2/c1-3-20-9-5-4-7(13)6-8(9)18-10(19)11(2,17)12(14,15)16/h4-6H,3,17H2,1-2H3,(H,18,19). The van der Waals surface area contributed by atoms with Crippen molar-refractivity contribution in [1.82, 2.24) is 0 Å². The molecule has 1 rings (SSSR count). The molecular weight excluding hydrogens is 297 g/mol. The summed E-state index contributed by atoms with van der Waals surface area (Å²) in [6.07, 6.45) is -4.87. The Morgan fingerprint density at radius 3 is 2.55 bits per heavy atom. The van der Waals surface area contributed by atoms with E-state index < -0.39 is 17.6 Å². The number of nitrogens with one attached hydrogen (secondary N) is 1. The summed E-state index contributed by atoms with van der Waals surface area (Å²) >= 11 is 5.74. The fourth-order valence-electron chi connectivity index (χ4n) is 1.26. The second-order valence-electron chi connectivity index (χ2n) is 4.23. The topological polar surface area (TPSA) is 64.3 Å². The molecule has 0 aliphatic rings. The lowest BCUT2D eigenvalue weighted by Gasteiger charge is -2.26. The summed E-state index contributed by atoms with van der Waals surface area (Å²) in [5, 5.41) is 2.33. The zero-order chi connectivity index (χ0) is 15.6. The van der Waals surface area contributed by atoms with Crippen molar-refractivity contribution >= 4 is 23.2 Å². The second kappa shape index (κ2) is 5.88. The van der Waals surface area contributed by atoms with Gasteiger partial charge in [-0.05, 0) is 32.0 Å². The summed E-state index contributed by atoms with van der Waals surface area (Å²) in [5.74, 6) is -1.18. The number of hydrogen-bond acceptors (Lipinski definition) is 3. The minimum Gasteiger partial charge on any atom is -0.492 e. The van der Waals surface area contributed by atoms with Crippen LogP contribution < -0.4 is 15.8 Å². The molecule has 4 nitrogen and oxygen atoms in total. The van der Waals surface area contributed by atoms with Crippen LogP contribution in [0.2, 0.25) is 5.02 Å². The number of carbonyl (C=O) groups is 1. The molecule has 0 fully saturated rings. The highest BCUT2D eigenvalue weighted by molar-refractivity contribution is 6.31. The Morgan fingerprint density at radius 2 is 2.05 bits per heavy atom. The van der Waals surface area contributed by atoms with Gasteiger partial charge in [0, 0.05) is 5.02 Å². The average molecular weight is 311 g/mol. The van der Waals surface area contributed by atoms with E-state index in [1.165, 1.54) is 18.2 Å². The summed E-state index contributed by atoms with van der Waals surface area (Å²) < 4.78 is 43.2. The first-order chi connectivity index (χ1) is 9.09. The van der Waals surface area contributed by atoms with Gasteiger partial charge >= 0.3 is 6.18 Å². The first-order valence-electron chi connectivity index (χ1n) is 5.69. The molecule has 1 atom stereocenters. The molecule has 8 heteroatoms. The Morgan fingerprint density at radius 1 is 1.45 bits per heavy atom. The molecule has 0 spiro atoms. The lowest BCUT2D eigenvalue weighted by atomic mass is 10.0. The van der Waals surface area contributed by atoms with E-state index >= 15 is 0 Å². The molecule has 112 valence electrons. The van der Waals surface area contributed by atoms with Crippen molar-refractivity contribution in [3.63, 3.8) is 0 Å². The number of hydrogen-bond donors (Lipinski definition) is 2. The molecule has 1 aromatic rings. The number of anilines is 1. The number of halogens is 4. The van der Waals surface area contributed by atoms with Crippen LogP contribution in [-0.4, -0.2) is 24.2 Å². The first kappa shape index (κ1) is 16.6. The van der Waals surface area contributed by atoms with Gasteiger partial charge in [0.15, 0.2) is 5.54 Å². The highest BCUT2D eigenvalue weighted by Crippen LogP contribution is 2.32. The van der Waals surface area contributed by atoms with Crippen LogP contribution in [0.25, 0.3) is 0 Å². The zero-order valence-electron chi connectivity index (χ0n) is 10.8. The van der Waals surface area contributed by atoms with Crippen LogP contribution in [0, 0.1) is 0 Å². The molecule has 0 aromatic heterocycles. The molecule has 0 saturated heterocycles. The van der Waals surface area contributed by atoms with Crippen LogP contribution in [0.15, 0.2) is 18.2 Å². The predicted octanol–water partition coefficient (Wildman–Crippen LogP) is 2.96. The normalized spacial score (nSPS) is 14.6. The summed E-state index contributed by atoms with van der Waals surface area (Å²) in [5.41, 5.74) is 2.05. The molecule has 0 radical (unpaired) electrons. The van der Waals surface area contributed by atoms with Gasteiger partial charge in [-0.15, -0.1) is 0 Å². The zero-order valence-corrected chi connectivity index (χ0v) is 11.6. The minimum atomic E-state index is -4.87. The highest BCUT2D eigenvalue weighted by atomic mass is 35.5. The Hall–Kier alpha value is -1.47. The molecule has 1 aromatic carbocycles. The largest absolute Gasteiger partial charge is 0.492 e. The number of nitrogens with two attached hydrogens (primary N) is 1. The third kappa shape index (κ3) is 3.55. The van der Waals surface area contributed by atoms with Crippen molar-refractivity contribution in [2.75, 3.05) is 11.9 Å². The van der Waals surface area contributed by atoms with Gasteiger partial charge in [-0.2, -0.15) is 13.2 Å². The van der Waals surface area contributed by atoms with Gasteiger partial charge in [-0.3, -0.25) is 4.79 Å². The minimum absolute atomic E-state index is 0.0327. The molecule has 3 N–H and O–H groups in total. The van der Waals surface area contributed by atoms with Gasteiger partial charge in [0.25, 0.3) is 5.91 Å². The van der Waals surface area contributed by atoms with Gasteiger partial charge in [0.1, 0.15) is 5.75 Å². The molecule has 20 heavy (non-hydrogen) atoms. The summed E-state index contributed by atoms with van der Waals surface area (Å²) in [6, 6.07) is 4.23. The van der Waals surface area contributed by atoms with Crippen LogP contribution in [0.4, 0.5) is 18.9 Å². The van der Waals surface area contributed by atoms with Crippen molar-refractivity contribution in [2.45, 2.75) is 25.6 Å². The second-order valence-corrected chi connectivity index (χ2v) is 4.66. The van der Waals surface area contributed by atoms with Crippen LogP contribution in [0.3, 0.4) is 0 Å². The van der Waals surface area contributed by atoms with E-state index in [4.69, 9.17) is 22.1 Å². The SMILES string of the molecule is CCOc1ccc(Cl)cc1NC(=O)C(C)(N)C(F)(F)F. The Kier molecular flexibility index (Phi) is 4.88. The molecule has 1 amide bonds. The molecule has 0 aliphatic heterocycles. The summed E-state index contributed by atoms with van der Waals surface area (Å²) in [6.45, 7) is 2.57. The van der Waals surface area contributed by atoms with Gasteiger partial charge in [0.05, 0.1) is 12.3 Å². The number of rotatable bonds is 4. The summed E-state index contributed by atoms with van der Waals surface area (Å²) in [4.78, 5) is 11.7. The van der Waals surface area contributed by atoms with Crippen LogP contribution in [0.1, 0.15) is 13.8 Å². The van der Waals surface area contributed by atoms with E-state index in [9.17, 15) is 18.0 Å². The number of carbonyl (C=O) groups excluding carboxylic acids is 1. The van der Waals surface area contributed by atoms with Gasteiger partial charge in [-0.25, -0.2) is 0 Å². The van der Waals surface area contributed by atoms with Crippen molar-refractivity contribution in [2.24, 2.45) is 5.73 Å². The molecule has 0 heterocycles. The maximum Gasteiger partial charge on any atom is 0.415 e. The van der Waals surface area contributed by atoms with Crippen molar-refractivity contribution in [3.8, 4) is 5.75 Å². The van der Waals surface area contributed by atoms with Crippen LogP contribution in [0.5, 0.6) is 5.75 Å². The maximum atomic E-state index is 12.7. The Bertz CT molecular complexity index is 504. The molecule has 0 saturated carbocycles. The smallest absolute Gasteiger partial charge is 0.415 e. The fourth-order valence-corrected chi connectivity index (χ4v) is 1.43. The Labute approximate surface area is 119 Å². The lowest BCUT2D eigenvalue weighted by Crippen LogP contribution is -2.59. The number of ether oxygens (including phenoxy) is 1. The van der Waals surface area contributed by atoms with Crippen LogP contribution >= 0.6 is 11.6 Å². The van der Waals surface area contributed by atoms with E-state index in [1.54, 1.807) is 6.92 Å². The van der Waals surface area contributed by atoms with Crippen molar-refractivity contribution in [1.29, 1.82) is 0 Å². The fraction of sp³-hybridized carbons (Fsp3) is 0.417. The van der Waals surface area contributed by atoms with Gasteiger partial charge in [-0.1, -0.05) is 11.6 Å². The van der Waals surface area contributed by atoms with E-state index in [-0.39, 0.29) is 23.1 Å².